The van der Waals surface area contributed by atoms with E-state index in [1.165, 1.54) is 16.5 Å². The van der Waals surface area contributed by atoms with Crippen LogP contribution in [0.25, 0.3) is 10.9 Å². The van der Waals surface area contributed by atoms with Crippen molar-refractivity contribution in [1.82, 2.24) is 10.3 Å². The molecule has 0 spiro atoms. The average molecular weight is 281 g/mol. The molecule has 0 radical (unpaired) electrons. The molecule has 0 aliphatic heterocycles. The number of halogens is 2. The molecular formula is C14H14Cl2N2. The second kappa shape index (κ2) is 6.74. The smallest absolute Gasteiger partial charge is 0.0734 e. The van der Waals surface area contributed by atoms with E-state index in [9.17, 15) is 0 Å². The van der Waals surface area contributed by atoms with Gasteiger partial charge in [0.25, 0.3) is 0 Å². The molecule has 4 heteroatoms. The van der Waals surface area contributed by atoms with Gasteiger partial charge in [0.1, 0.15) is 0 Å². The predicted molar refractivity (Wildman–Crippen MR) is 78.1 cm³/mol. The fourth-order valence-corrected chi connectivity index (χ4v) is 2.01. The number of nitrogens with zero attached hydrogens (tertiary/aromatic N) is 1. The summed E-state index contributed by atoms with van der Waals surface area (Å²) >= 11 is 11.3. The summed E-state index contributed by atoms with van der Waals surface area (Å²) < 4.78 is 0. The Balaban J connectivity index is 1.99. The number of para-hydroxylation sites is 1. The van der Waals surface area contributed by atoms with Gasteiger partial charge in [0.2, 0.25) is 0 Å². The van der Waals surface area contributed by atoms with Crippen molar-refractivity contribution in [2.45, 2.75) is 6.42 Å². The molecule has 1 heterocycles. The predicted octanol–water partition coefficient (Wildman–Crippen LogP) is 3.69. The molecule has 0 bridgehead atoms. The molecule has 0 amide bonds. The molecule has 0 atom stereocenters. The first-order chi connectivity index (χ1) is 8.81. The van der Waals surface area contributed by atoms with Crippen molar-refractivity contribution in [2.75, 3.05) is 13.1 Å². The summed E-state index contributed by atoms with van der Waals surface area (Å²) in [5, 5.41) is 5.03. The van der Waals surface area contributed by atoms with Crippen LogP contribution in [0.3, 0.4) is 0 Å². The second-order valence-corrected chi connectivity index (χ2v) is 4.68. The van der Waals surface area contributed by atoms with E-state index in [0.717, 1.165) is 18.5 Å². The Labute approximate surface area is 117 Å². The van der Waals surface area contributed by atoms with Crippen molar-refractivity contribution in [3.05, 3.63) is 52.7 Å². The van der Waals surface area contributed by atoms with E-state index in [4.69, 9.17) is 23.2 Å². The molecule has 2 rings (SSSR count). The van der Waals surface area contributed by atoms with Gasteiger partial charge in [0.15, 0.2) is 0 Å². The lowest BCUT2D eigenvalue weighted by atomic mass is 10.1. The van der Waals surface area contributed by atoms with Crippen LogP contribution in [0.2, 0.25) is 0 Å². The molecule has 0 saturated heterocycles. The van der Waals surface area contributed by atoms with Crippen molar-refractivity contribution in [3.63, 3.8) is 0 Å². The van der Waals surface area contributed by atoms with Gasteiger partial charge < -0.3 is 5.32 Å². The number of fused-ring (bicyclic) bond motifs is 1. The number of hydrogen-bond acceptors (Lipinski definition) is 2. The van der Waals surface area contributed by atoms with Crippen LogP contribution in [0.4, 0.5) is 0 Å². The summed E-state index contributed by atoms with van der Waals surface area (Å²) in [7, 11) is 0. The highest BCUT2D eigenvalue weighted by atomic mass is 35.5. The Morgan fingerprint density at radius 2 is 2.11 bits per heavy atom. The van der Waals surface area contributed by atoms with Gasteiger partial charge >= 0.3 is 0 Å². The lowest BCUT2D eigenvalue weighted by molar-refractivity contribution is 0.742. The molecule has 0 saturated carbocycles. The minimum absolute atomic E-state index is 0.600. The maximum absolute atomic E-state index is 5.80. The summed E-state index contributed by atoms with van der Waals surface area (Å²) in [6, 6.07) is 10.3. The lowest BCUT2D eigenvalue weighted by Gasteiger charge is -2.06. The van der Waals surface area contributed by atoms with E-state index in [-0.39, 0.29) is 0 Å². The normalized spacial score (nSPS) is 12.0. The average Bonchev–Trinajstić information content (AvgIpc) is 2.43. The summed E-state index contributed by atoms with van der Waals surface area (Å²) in [6.45, 7) is 1.44. The van der Waals surface area contributed by atoms with Crippen molar-refractivity contribution in [2.24, 2.45) is 0 Å². The van der Waals surface area contributed by atoms with Gasteiger partial charge in [0.05, 0.1) is 5.52 Å². The molecule has 0 fully saturated rings. The molecule has 0 aliphatic carbocycles. The topological polar surface area (TPSA) is 24.9 Å². The monoisotopic (exact) mass is 280 g/mol. The largest absolute Gasteiger partial charge is 0.311 e. The van der Waals surface area contributed by atoms with E-state index in [2.05, 4.69) is 34.6 Å². The highest BCUT2D eigenvalue weighted by Crippen LogP contribution is 2.15. The van der Waals surface area contributed by atoms with Gasteiger partial charge in [0, 0.05) is 28.7 Å². The molecule has 0 aliphatic rings. The molecule has 94 valence electrons. The van der Waals surface area contributed by atoms with Crippen molar-refractivity contribution >= 4 is 34.1 Å². The highest BCUT2D eigenvalue weighted by Gasteiger charge is 2.01. The first-order valence-electron chi connectivity index (χ1n) is 5.79. The van der Waals surface area contributed by atoms with Gasteiger partial charge in [-0.2, -0.15) is 0 Å². The third-order valence-electron chi connectivity index (χ3n) is 2.70. The molecule has 1 aromatic heterocycles. The number of pyridine rings is 1. The van der Waals surface area contributed by atoms with E-state index >= 15 is 0 Å². The number of aromatic nitrogens is 1. The first-order valence-corrected chi connectivity index (χ1v) is 6.61. The van der Waals surface area contributed by atoms with Gasteiger partial charge in [-0.1, -0.05) is 47.5 Å². The zero-order chi connectivity index (χ0) is 12.8. The van der Waals surface area contributed by atoms with Crippen LogP contribution < -0.4 is 5.32 Å². The Hall–Kier alpha value is -1.09. The van der Waals surface area contributed by atoms with Crippen LogP contribution >= 0.6 is 23.2 Å². The van der Waals surface area contributed by atoms with Crippen molar-refractivity contribution < 1.29 is 0 Å². The lowest BCUT2D eigenvalue weighted by Crippen LogP contribution is -2.18. The highest BCUT2D eigenvalue weighted by molar-refractivity contribution is 6.36. The summed E-state index contributed by atoms with van der Waals surface area (Å²) in [6.07, 6.45) is 2.74. The SMILES string of the molecule is Cl/C=C(/Cl)CNCCc1cccc2cccnc12. The number of nitrogens with one attached hydrogen (secondary N) is 1. The molecular weight excluding hydrogens is 267 g/mol. The van der Waals surface area contributed by atoms with E-state index < -0.39 is 0 Å². The zero-order valence-electron chi connectivity index (χ0n) is 9.87. The third-order valence-corrected chi connectivity index (χ3v) is 3.32. The molecule has 1 aromatic carbocycles. The zero-order valence-corrected chi connectivity index (χ0v) is 11.4. The Bertz CT molecular complexity index is 547. The summed E-state index contributed by atoms with van der Waals surface area (Å²) in [5.41, 5.74) is 3.70. The number of hydrogen-bond donors (Lipinski definition) is 1. The van der Waals surface area contributed by atoms with Gasteiger partial charge in [-0.3, -0.25) is 4.98 Å². The molecule has 0 unspecified atom stereocenters. The quantitative estimate of drug-likeness (QED) is 0.845. The maximum Gasteiger partial charge on any atom is 0.0734 e. The molecule has 1 N–H and O–H groups in total. The standard InChI is InChI=1S/C14H14Cl2N2/c15-9-13(16)10-17-8-6-12-4-1-3-11-5-2-7-18-14(11)12/h1-5,7,9,17H,6,8,10H2/b13-9+. The number of benzene rings is 1. The van der Waals surface area contributed by atoms with Crippen LogP contribution in [0.15, 0.2) is 47.1 Å². The Morgan fingerprint density at radius 3 is 2.94 bits per heavy atom. The van der Waals surface area contributed by atoms with Crippen LogP contribution in [-0.4, -0.2) is 18.1 Å². The van der Waals surface area contributed by atoms with Crippen molar-refractivity contribution in [3.8, 4) is 0 Å². The van der Waals surface area contributed by atoms with Crippen LogP contribution in [-0.2, 0) is 6.42 Å². The Kier molecular flexibility index (Phi) is 5.00. The maximum atomic E-state index is 5.80. The fourth-order valence-electron chi connectivity index (χ4n) is 1.84. The van der Waals surface area contributed by atoms with Gasteiger partial charge in [-0.05, 0) is 24.6 Å². The fraction of sp³-hybridized carbons (Fsp3) is 0.214. The van der Waals surface area contributed by atoms with E-state index in [0.29, 0.717) is 11.6 Å². The van der Waals surface area contributed by atoms with Gasteiger partial charge in [-0.25, -0.2) is 0 Å². The second-order valence-electron chi connectivity index (χ2n) is 3.98. The molecule has 2 aromatic rings. The van der Waals surface area contributed by atoms with E-state index in [1.54, 1.807) is 0 Å². The summed E-state index contributed by atoms with van der Waals surface area (Å²) in [5.74, 6) is 0. The summed E-state index contributed by atoms with van der Waals surface area (Å²) in [4.78, 5) is 4.42. The van der Waals surface area contributed by atoms with Crippen LogP contribution in [0.1, 0.15) is 5.56 Å². The minimum Gasteiger partial charge on any atom is -0.311 e. The van der Waals surface area contributed by atoms with Crippen LogP contribution in [0.5, 0.6) is 0 Å². The van der Waals surface area contributed by atoms with E-state index in [1.807, 2.05) is 12.3 Å². The van der Waals surface area contributed by atoms with Gasteiger partial charge in [-0.15, -0.1) is 0 Å². The molecule has 18 heavy (non-hydrogen) atoms. The Morgan fingerprint density at radius 1 is 1.28 bits per heavy atom. The first kappa shape index (κ1) is 13.3. The third kappa shape index (κ3) is 3.45. The van der Waals surface area contributed by atoms with Crippen LogP contribution in [0, 0.1) is 0 Å². The minimum atomic E-state index is 0.600. The van der Waals surface area contributed by atoms with Crippen molar-refractivity contribution in [1.29, 1.82) is 0 Å². The number of rotatable bonds is 5. The molecule has 2 nitrogen and oxygen atoms in total.